The van der Waals surface area contributed by atoms with E-state index in [9.17, 15) is 4.79 Å². The molecule has 1 aliphatic carbocycles. The van der Waals surface area contributed by atoms with Gasteiger partial charge in [-0.3, -0.25) is 4.79 Å². The lowest BCUT2D eigenvalue weighted by Gasteiger charge is -2.32. The van der Waals surface area contributed by atoms with Gasteiger partial charge in [0.15, 0.2) is 0 Å². The van der Waals surface area contributed by atoms with Gasteiger partial charge in [0, 0.05) is 11.3 Å². The molecule has 3 unspecified atom stereocenters. The van der Waals surface area contributed by atoms with Crippen molar-refractivity contribution >= 4 is 30.3 Å². The summed E-state index contributed by atoms with van der Waals surface area (Å²) in [5.41, 5.74) is 0. The first-order valence-corrected chi connectivity index (χ1v) is 7.88. The van der Waals surface area contributed by atoms with Gasteiger partial charge in [0.1, 0.15) is 0 Å². The van der Waals surface area contributed by atoms with Crippen LogP contribution in [0.5, 0.6) is 0 Å². The van der Waals surface area contributed by atoms with Crippen molar-refractivity contribution < 1.29 is 4.79 Å². The van der Waals surface area contributed by atoms with Gasteiger partial charge in [-0.1, -0.05) is 26.7 Å². The van der Waals surface area contributed by atoms with Crippen molar-refractivity contribution in [3.05, 3.63) is 0 Å². The summed E-state index contributed by atoms with van der Waals surface area (Å²) in [6.45, 7) is 4.06. The zero-order valence-corrected chi connectivity index (χ0v) is 12.1. The normalized spacial score (nSPS) is 27.8. The molecule has 1 saturated carbocycles. The van der Waals surface area contributed by atoms with Crippen LogP contribution in [0.3, 0.4) is 0 Å². The zero-order valence-electron chi connectivity index (χ0n) is 10.4. The fourth-order valence-electron chi connectivity index (χ4n) is 2.11. The van der Waals surface area contributed by atoms with E-state index in [1.807, 2.05) is 25.6 Å². The van der Waals surface area contributed by atoms with E-state index in [2.05, 4.69) is 24.2 Å². The van der Waals surface area contributed by atoms with Gasteiger partial charge in [0.05, 0.1) is 5.25 Å². The van der Waals surface area contributed by atoms with Gasteiger partial charge in [-0.2, -0.15) is 24.4 Å². The van der Waals surface area contributed by atoms with Crippen molar-refractivity contribution in [3.63, 3.8) is 0 Å². The molecule has 0 aromatic carbocycles. The van der Waals surface area contributed by atoms with Crippen molar-refractivity contribution in [2.45, 2.75) is 56.1 Å². The summed E-state index contributed by atoms with van der Waals surface area (Å²) in [6.07, 6.45) is 7.02. The molecule has 0 aromatic rings. The Bertz CT molecular complexity index is 233. The maximum atomic E-state index is 11.9. The van der Waals surface area contributed by atoms with E-state index < -0.39 is 0 Å². The first-order chi connectivity index (χ1) is 7.56. The molecule has 0 aromatic heterocycles. The lowest BCUT2D eigenvalue weighted by atomic mass is 9.94. The lowest BCUT2D eigenvalue weighted by molar-refractivity contribution is -0.122. The largest absolute Gasteiger partial charge is 0.351 e. The SMILES string of the molecule is CSC1CCCCC1NC(=O)C(S)C(C)C. The quantitative estimate of drug-likeness (QED) is 0.762. The fraction of sp³-hybridized carbons (Fsp3) is 0.917. The molecule has 1 fully saturated rings. The molecule has 0 heterocycles. The Labute approximate surface area is 109 Å². The minimum Gasteiger partial charge on any atom is -0.351 e. The molecular weight excluding hydrogens is 238 g/mol. The van der Waals surface area contributed by atoms with Gasteiger partial charge in [-0.05, 0) is 25.0 Å². The van der Waals surface area contributed by atoms with Crippen LogP contribution in [0.4, 0.5) is 0 Å². The van der Waals surface area contributed by atoms with E-state index >= 15 is 0 Å². The number of carbonyl (C=O) groups is 1. The number of thiol groups is 1. The van der Waals surface area contributed by atoms with Gasteiger partial charge in [-0.25, -0.2) is 0 Å². The van der Waals surface area contributed by atoms with E-state index in [1.165, 1.54) is 19.3 Å². The Hall–Kier alpha value is 0.170. The molecule has 16 heavy (non-hydrogen) atoms. The average molecular weight is 261 g/mol. The number of amides is 1. The molecule has 1 rings (SSSR count). The smallest absolute Gasteiger partial charge is 0.233 e. The maximum Gasteiger partial charge on any atom is 0.233 e. The zero-order chi connectivity index (χ0) is 12.1. The molecule has 1 aliphatic rings. The van der Waals surface area contributed by atoms with E-state index in [4.69, 9.17) is 0 Å². The van der Waals surface area contributed by atoms with Gasteiger partial charge in [-0.15, -0.1) is 0 Å². The fourth-order valence-corrected chi connectivity index (χ4v) is 3.12. The van der Waals surface area contributed by atoms with E-state index in [0.717, 1.165) is 6.42 Å². The van der Waals surface area contributed by atoms with E-state index in [1.54, 1.807) is 0 Å². The molecule has 0 spiro atoms. The number of thioether (sulfide) groups is 1. The molecule has 0 saturated heterocycles. The molecule has 4 heteroatoms. The Morgan fingerprint density at radius 2 is 2.00 bits per heavy atom. The van der Waals surface area contributed by atoms with Crippen LogP contribution in [0.2, 0.25) is 0 Å². The molecule has 2 nitrogen and oxygen atoms in total. The molecule has 3 atom stereocenters. The van der Waals surface area contributed by atoms with Crippen molar-refractivity contribution in [2.75, 3.05) is 6.26 Å². The Kier molecular flexibility index (Phi) is 6.05. The van der Waals surface area contributed by atoms with Crippen LogP contribution in [0.15, 0.2) is 0 Å². The first kappa shape index (κ1) is 14.2. The monoisotopic (exact) mass is 261 g/mol. The molecule has 0 radical (unpaired) electrons. The number of hydrogen-bond donors (Lipinski definition) is 2. The van der Waals surface area contributed by atoms with Crippen molar-refractivity contribution in [3.8, 4) is 0 Å². The summed E-state index contributed by atoms with van der Waals surface area (Å²) in [4.78, 5) is 11.9. The van der Waals surface area contributed by atoms with Crippen molar-refractivity contribution in [1.82, 2.24) is 5.32 Å². The predicted molar refractivity (Wildman–Crippen MR) is 75.3 cm³/mol. The highest BCUT2D eigenvalue weighted by Crippen LogP contribution is 2.27. The highest BCUT2D eigenvalue weighted by molar-refractivity contribution is 7.99. The van der Waals surface area contributed by atoms with Crippen LogP contribution in [0.1, 0.15) is 39.5 Å². The van der Waals surface area contributed by atoms with Gasteiger partial charge < -0.3 is 5.32 Å². The number of nitrogens with one attached hydrogen (secondary N) is 1. The van der Waals surface area contributed by atoms with Gasteiger partial charge >= 0.3 is 0 Å². The van der Waals surface area contributed by atoms with Crippen LogP contribution in [0, 0.1) is 5.92 Å². The second kappa shape index (κ2) is 6.80. The topological polar surface area (TPSA) is 29.1 Å². The molecule has 1 amide bonds. The summed E-state index contributed by atoms with van der Waals surface area (Å²) in [5, 5.41) is 3.58. The van der Waals surface area contributed by atoms with Crippen molar-refractivity contribution in [2.24, 2.45) is 5.92 Å². The highest BCUT2D eigenvalue weighted by atomic mass is 32.2. The Morgan fingerprint density at radius 1 is 1.38 bits per heavy atom. The Morgan fingerprint density at radius 3 is 2.56 bits per heavy atom. The molecule has 1 N–H and O–H groups in total. The molecule has 0 bridgehead atoms. The average Bonchev–Trinajstić information content (AvgIpc) is 2.28. The Balaban J connectivity index is 2.48. The summed E-state index contributed by atoms with van der Waals surface area (Å²) in [7, 11) is 0. The summed E-state index contributed by atoms with van der Waals surface area (Å²) >= 11 is 6.24. The van der Waals surface area contributed by atoms with Gasteiger partial charge in [0.2, 0.25) is 5.91 Å². The standard InChI is InChI=1S/C12H23NOS2/c1-8(2)11(15)12(14)13-9-6-4-5-7-10(9)16-3/h8-11,15H,4-7H2,1-3H3,(H,13,14). The van der Waals surface area contributed by atoms with Crippen molar-refractivity contribution in [1.29, 1.82) is 0 Å². The summed E-state index contributed by atoms with van der Waals surface area (Å²) in [5.74, 6) is 0.393. The molecular formula is C12H23NOS2. The van der Waals surface area contributed by atoms with Crippen LogP contribution >= 0.6 is 24.4 Å². The third-order valence-corrected chi connectivity index (χ3v) is 5.23. The van der Waals surface area contributed by atoms with Crippen LogP contribution in [-0.2, 0) is 4.79 Å². The number of carbonyl (C=O) groups excluding carboxylic acids is 1. The second-order valence-corrected chi connectivity index (χ2v) is 6.50. The third-order valence-electron chi connectivity index (χ3n) is 3.23. The molecule has 0 aliphatic heterocycles. The highest BCUT2D eigenvalue weighted by Gasteiger charge is 2.28. The third kappa shape index (κ3) is 3.88. The lowest BCUT2D eigenvalue weighted by Crippen LogP contribution is -2.47. The van der Waals surface area contributed by atoms with Crippen LogP contribution in [0.25, 0.3) is 0 Å². The van der Waals surface area contributed by atoms with Gasteiger partial charge in [0.25, 0.3) is 0 Å². The minimum atomic E-state index is -0.176. The summed E-state index contributed by atoms with van der Waals surface area (Å²) in [6, 6.07) is 0.352. The van der Waals surface area contributed by atoms with Crippen LogP contribution < -0.4 is 5.32 Å². The maximum absolute atomic E-state index is 11.9. The summed E-state index contributed by atoms with van der Waals surface area (Å²) < 4.78 is 0. The number of hydrogen-bond acceptors (Lipinski definition) is 3. The van der Waals surface area contributed by atoms with E-state index in [0.29, 0.717) is 17.2 Å². The van der Waals surface area contributed by atoms with Crippen LogP contribution in [-0.4, -0.2) is 28.7 Å². The first-order valence-electron chi connectivity index (χ1n) is 6.07. The minimum absolute atomic E-state index is 0.101. The predicted octanol–water partition coefficient (Wildman–Crippen LogP) is 2.73. The van der Waals surface area contributed by atoms with E-state index in [-0.39, 0.29) is 11.2 Å². The second-order valence-electron chi connectivity index (χ2n) is 4.86. The molecule has 94 valence electrons. The number of rotatable bonds is 4.